The molecule has 3 rings (SSSR count). The average molecular weight is 294 g/mol. The Kier molecular flexibility index (Phi) is 4.81. The number of hydrogen-bond donors (Lipinski definition) is 0. The number of hydrazone groups is 1. The second kappa shape index (κ2) is 7.18. The zero-order valence-corrected chi connectivity index (χ0v) is 13.0. The van der Waals surface area contributed by atoms with E-state index in [2.05, 4.69) is 51.2 Å². The van der Waals surface area contributed by atoms with Crippen LogP contribution in [0.3, 0.4) is 0 Å². The third-order valence-electron chi connectivity index (χ3n) is 3.92. The maximum atomic E-state index is 4.53. The number of aromatic nitrogens is 1. The lowest BCUT2D eigenvalue weighted by atomic mass is 10.1. The second-order valence-corrected chi connectivity index (χ2v) is 5.71. The summed E-state index contributed by atoms with van der Waals surface area (Å²) in [5.41, 5.74) is 3.61. The molecule has 0 spiro atoms. The summed E-state index contributed by atoms with van der Waals surface area (Å²) in [5, 5.41) is 6.65. The minimum Gasteiger partial charge on any atom is -0.295 e. The second-order valence-electron chi connectivity index (χ2n) is 5.71. The standard InChI is InChI=1S/C18H22N4/c1-16-5-7-17(8-6-16)15-21-10-12-22(13-11-21)20-14-18-4-2-3-9-19-18/h2-9,14H,10-13,15H2,1H3. The van der Waals surface area contributed by atoms with Crippen molar-refractivity contribution in [2.45, 2.75) is 13.5 Å². The van der Waals surface area contributed by atoms with E-state index in [0.717, 1.165) is 38.4 Å². The number of pyridine rings is 1. The van der Waals surface area contributed by atoms with Crippen molar-refractivity contribution in [3.8, 4) is 0 Å². The molecule has 2 aromatic rings. The van der Waals surface area contributed by atoms with Crippen molar-refractivity contribution in [3.05, 3.63) is 65.5 Å². The highest BCUT2D eigenvalue weighted by atomic mass is 15.5. The fourth-order valence-corrected chi connectivity index (χ4v) is 2.56. The fraction of sp³-hybridized carbons (Fsp3) is 0.333. The van der Waals surface area contributed by atoms with Crippen molar-refractivity contribution in [3.63, 3.8) is 0 Å². The number of piperazine rings is 1. The molecule has 114 valence electrons. The van der Waals surface area contributed by atoms with Crippen molar-refractivity contribution >= 4 is 6.21 Å². The maximum absolute atomic E-state index is 4.53. The summed E-state index contributed by atoms with van der Waals surface area (Å²) in [5.74, 6) is 0. The summed E-state index contributed by atoms with van der Waals surface area (Å²) in [6, 6.07) is 14.7. The van der Waals surface area contributed by atoms with Crippen molar-refractivity contribution < 1.29 is 0 Å². The zero-order valence-electron chi connectivity index (χ0n) is 13.0. The lowest BCUT2D eigenvalue weighted by Gasteiger charge is -2.33. The minimum absolute atomic E-state index is 0.907. The first-order valence-corrected chi connectivity index (χ1v) is 7.77. The summed E-state index contributed by atoms with van der Waals surface area (Å²) < 4.78 is 0. The van der Waals surface area contributed by atoms with Gasteiger partial charge in [0.25, 0.3) is 0 Å². The number of rotatable bonds is 4. The molecule has 0 bridgehead atoms. The molecule has 0 aliphatic carbocycles. The van der Waals surface area contributed by atoms with Crippen LogP contribution >= 0.6 is 0 Å². The zero-order chi connectivity index (χ0) is 15.2. The summed E-state index contributed by atoms with van der Waals surface area (Å²) in [7, 11) is 0. The van der Waals surface area contributed by atoms with Gasteiger partial charge in [-0.3, -0.25) is 14.9 Å². The SMILES string of the molecule is Cc1ccc(CN2CCN(N=Cc3ccccn3)CC2)cc1. The molecule has 1 fully saturated rings. The Bertz CT molecular complexity index is 599. The first-order valence-electron chi connectivity index (χ1n) is 7.77. The summed E-state index contributed by atoms with van der Waals surface area (Å²) in [6.07, 6.45) is 3.64. The molecule has 22 heavy (non-hydrogen) atoms. The number of nitrogens with zero attached hydrogens (tertiary/aromatic N) is 4. The normalized spacial score (nSPS) is 16.3. The minimum atomic E-state index is 0.907. The van der Waals surface area contributed by atoms with Crippen LogP contribution < -0.4 is 0 Å². The van der Waals surface area contributed by atoms with E-state index in [-0.39, 0.29) is 0 Å². The van der Waals surface area contributed by atoms with E-state index in [9.17, 15) is 0 Å². The first-order chi connectivity index (χ1) is 10.8. The van der Waals surface area contributed by atoms with Gasteiger partial charge in [0.05, 0.1) is 11.9 Å². The van der Waals surface area contributed by atoms with Crippen molar-refractivity contribution in [2.75, 3.05) is 26.2 Å². The van der Waals surface area contributed by atoms with Gasteiger partial charge in [-0.05, 0) is 24.6 Å². The molecule has 1 aliphatic heterocycles. The van der Waals surface area contributed by atoms with Crippen molar-refractivity contribution in [1.29, 1.82) is 0 Å². The van der Waals surface area contributed by atoms with E-state index in [1.807, 2.05) is 24.4 Å². The number of hydrogen-bond acceptors (Lipinski definition) is 4. The van der Waals surface area contributed by atoms with E-state index in [1.54, 1.807) is 6.20 Å². The van der Waals surface area contributed by atoms with Crippen LogP contribution in [0.5, 0.6) is 0 Å². The van der Waals surface area contributed by atoms with Gasteiger partial charge < -0.3 is 0 Å². The Hall–Kier alpha value is -2.20. The third kappa shape index (κ3) is 4.15. The van der Waals surface area contributed by atoms with Crippen molar-refractivity contribution in [2.24, 2.45) is 5.10 Å². The maximum Gasteiger partial charge on any atom is 0.0830 e. The van der Waals surface area contributed by atoms with Crippen molar-refractivity contribution in [1.82, 2.24) is 14.9 Å². The average Bonchev–Trinajstić information content (AvgIpc) is 2.57. The third-order valence-corrected chi connectivity index (χ3v) is 3.92. The van der Waals surface area contributed by atoms with Crippen LogP contribution in [-0.4, -0.2) is 47.3 Å². The van der Waals surface area contributed by atoms with E-state index in [0.29, 0.717) is 0 Å². The lowest BCUT2D eigenvalue weighted by molar-refractivity contribution is 0.131. The molecule has 0 unspecified atom stereocenters. The predicted octanol–water partition coefficient (Wildman–Crippen LogP) is 2.54. The Labute approximate surface area is 132 Å². The Morgan fingerprint density at radius 2 is 1.82 bits per heavy atom. The summed E-state index contributed by atoms with van der Waals surface area (Å²) in [6.45, 7) is 7.19. The van der Waals surface area contributed by atoms with Crippen LogP contribution in [0.4, 0.5) is 0 Å². The molecule has 0 atom stereocenters. The lowest BCUT2D eigenvalue weighted by Crippen LogP contribution is -2.43. The molecule has 1 aliphatic rings. The molecular weight excluding hydrogens is 272 g/mol. The van der Waals surface area contributed by atoms with E-state index < -0.39 is 0 Å². The Balaban J connectivity index is 1.48. The molecule has 0 saturated carbocycles. The van der Waals surface area contributed by atoms with Crippen LogP contribution in [0.25, 0.3) is 0 Å². The number of benzene rings is 1. The van der Waals surface area contributed by atoms with Gasteiger partial charge in [0.15, 0.2) is 0 Å². The molecule has 1 aromatic carbocycles. The van der Waals surface area contributed by atoms with Gasteiger partial charge in [-0.25, -0.2) is 0 Å². The smallest absolute Gasteiger partial charge is 0.0830 e. The number of aryl methyl sites for hydroxylation is 1. The highest BCUT2D eigenvalue weighted by Gasteiger charge is 2.15. The molecule has 4 heteroatoms. The molecule has 0 radical (unpaired) electrons. The molecule has 1 aromatic heterocycles. The van der Waals surface area contributed by atoms with Gasteiger partial charge in [0, 0.05) is 38.9 Å². The van der Waals surface area contributed by atoms with Gasteiger partial charge in [-0.2, -0.15) is 5.10 Å². The van der Waals surface area contributed by atoms with Gasteiger partial charge in [0.1, 0.15) is 0 Å². The topological polar surface area (TPSA) is 31.7 Å². The summed E-state index contributed by atoms with van der Waals surface area (Å²) >= 11 is 0. The quantitative estimate of drug-likeness (QED) is 0.812. The Morgan fingerprint density at radius 1 is 1.05 bits per heavy atom. The van der Waals surface area contributed by atoms with Gasteiger partial charge >= 0.3 is 0 Å². The van der Waals surface area contributed by atoms with Gasteiger partial charge in [-0.1, -0.05) is 35.9 Å². The first kappa shape index (κ1) is 14.7. The van der Waals surface area contributed by atoms with E-state index in [1.165, 1.54) is 11.1 Å². The van der Waals surface area contributed by atoms with Crippen LogP contribution in [0.2, 0.25) is 0 Å². The van der Waals surface area contributed by atoms with Crippen LogP contribution in [0.15, 0.2) is 53.8 Å². The molecule has 2 heterocycles. The monoisotopic (exact) mass is 294 g/mol. The van der Waals surface area contributed by atoms with Crippen LogP contribution in [0.1, 0.15) is 16.8 Å². The Morgan fingerprint density at radius 3 is 2.50 bits per heavy atom. The fourth-order valence-electron chi connectivity index (χ4n) is 2.56. The van der Waals surface area contributed by atoms with E-state index in [4.69, 9.17) is 0 Å². The van der Waals surface area contributed by atoms with E-state index >= 15 is 0 Å². The van der Waals surface area contributed by atoms with Crippen LogP contribution in [0, 0.1) is 6.92 Å². The van der Waals surface area contributed by atoms with Gasteiger partial charge in [-0.15, -0.1) is 0 Å². The highest BCUT2D eigenvalue weighted by molar-refractivity contribution is 5.76. The highest BCUT2D eigenvalue weighted by Crippen LogP contribution is 2.10. The predicted molar refractivity (Wildman–Crippen MR) is 89.9 cm³/mol. The molecule has 1 saturated heterocycles. The molecular formula is C18H22N4. The van der Waals surface area contributed by atoms with Crippen LogP contribution in [-0.2, 0) is 6.54 Å². The molecule has 0 amide bonds. The molecule has 0 N–H and O–H groups in total. The van der Waals surface area contributed by atoms with Gasteiger partial charge in [0.2, 0.25) is 0 Å². The molecule has 4 nitrogen and oxygen atoms in total. The largest absolute Gasteiger partial charge is 0.295 e. The summed E-state index contributed by atoms with van der Waals surface area (Å²) in [4.78, 5) is 6.74.